The molecule has 0 saturated carbocycles. The van der Waals surface area contributed by atoms with Crippen molar-refractivity contribution in [2.45, 2.75) is 19.4 Å². The van der Waals surface area contributed by atoms with Gasteiger partial charge in [-0.1, -0.05) is 6.92 Å². The largest absolute Gasteiger partial charge is 0.457 e. The average molecular weight is 379 g/mol. The van der Waals surface area contributed by atoms with E-state index in [2.05, 4.69) is 55.5 Å². The minimum Gasteiger partial charge on any atom is -0.457 e. The molecule has 0 aliphatic rings. The molecular weight excluding hydrogens is 366 g/mol. The summed E-state index contributed by atoms with van der Waals surface area (Å²) in [6, 6.07) is 4.47. The molecule has 92 valence electrons. The summed E-state index contributed by atoms with van der Waals surface area (Å²) in [5.74, 6) is 0. The summed E-state index contributed by atoms with van der Waals surface area (Å²) in [4.78, 5) is 1.36. The number of hydrogen-bond donors (Lipinski definition) is 1. The average Bonchev–Trinajstić information content (AvgIpc) is 2.87. The molecule has 0 radical (unpaired) electrons. The van der Waals surface area contributed by atoms with E-state index in [1.807, 2.05) is 6.07 Å². The molecular formula is C12H13Br2NOS. The van der Waals surface area contributed by atoms with Gasteiger partial charge in [-0.2, -0.15) is 0 Å². The van der Waals surface area contributed by atoms with Gasteiger partial charge in [0.25, 0.3) is 0 Å². The van der Waals surface area contributed by atoms with Gasteiger partial charge < -0.3 is 9.73 Å². The van der Waals surface area contributed by atoms with Crippen LogP contribution < -0.4 is 5.32 Å². The van der Waals surface area contributed by atoms with Gasteiger partial charge in [0.1, 0.15) is 0 Å². The Morgan fingerprint density at radius 1 is 1.47 bits per heavy atom. The fourth-order valence-electron chi connectivity index (χ4n) is 1.75. The number of likely N-dealkylation sites (N-methyl/N-ethyl adjacent to an activating group) is 1. The zero-order valence-electron chi connectivity index (χ0n) is 9.37. The molecule has 1 unspecified atom stereocenters. The van der Waals surface area contributed by atoms with Gasteiger partial charge in [-0.15, -0.1) is 11.3 Å². The van der Waals surface area contributed by atoms with Gasteiger partial charge in [-0.05, 0) is 50.5 Å². The van der Waals surface area contributed by atoms with Crippen molar-refractivity contribution in [2.24, 2.45) is 0 Å². The summed E-state index contributed by atoms with van der Waals surface area (Å²) in [6.07, 6.45) is 2.69. The predicted octanol–water partition coefficient (Wildman–Crippen LogP) is 4.76. The Labute approximate surface area is 122 Å². The molecule has 2 heterocycles. The highest BCUT2D eigenvalue weighted by molar-refractivity contribution is 9.10. The number of furan rings is 1. The van der Waals surface area contributed by atoms with E-state index in [4.69, 9.17) is 4.42 Å². The van der Waals surface area contributed by atoms with Gasteiger partial charge in [0.2, 0.25) is 0 Å². The van der Waals surface area contributed by atoms with E-state index in [-0.39, 0.29) is 0 Å². The van der Waals surface area contributed by atoms with Crippen molar-refractivity contribution in [3.63, 3.8) is 0 Å². The summed E-state index contributed by atoms with van der Waals surface area (Å²) < 4.78 is 7.28. The van der Waals surface area contributed by atoms with E-state index in [0.29, 0.717) is 6.04 Å². The fourth-order valence-corrected chi connectivity index (χ4v) is 3.77. The molecule has 0 aliphatic carbocycles. The molecule has 2 rings (SSSR count). The first-order valence-corrected chi connectivity index (χ1v) is 7.86. The lowest BCUT2D eigenvalue weighted by atomic mass is 10.1. The second-order valence-corrected chi connectivity index (χ2v) is 6.33. The van der Waals surface area contributed by atoms with Crippen LogP contribution in [0.1, 0.15) is 23.4 Å². The maximum absolute atomic E-state index is 5.31. The van der Waals surface area contributed by atoms with Crippen LogP contribution in [0.5, 0.6) is 0 Å². The van der Waals surface area contributed by atoms with Crippen molar-refractivity contribution in [1.29, 1.82) is 0 Å². The zero-order valence-corrected chi connectivity index (χ0v) is 13.4. The summed E-state index contributed by atoms with van der Waals surface area (Å²) in [5, 5.41) is 5.60. The second-order valence-electron chi connectivity index (χ2n) is 3.70. The summed E-state index contributed by atoms with van der Waals surface area (Å²) >= 11 is 8.70. The third kappa shape index (κ3) is 3.44. The van der Waals surface area contributed by atoms with Crippen LogP contribution in [0.15, 0.2) is 37.3 Å². The second kappa shape index (κ2) is 6.18. The van der Waals surface area contributed by atoms with Crippen LogP contribution in [0.4, 0.5) is 0 Å². The number of hydrogen-bond acceptors (Lipinski definition) is 3. The number of thiophene rings is 1. The Kier molecular flexibility index (Phi) is 4.85. The highest BCUT2D eigenvalue weighted by Crippen LogP contribution is 2.30. The Balaban J connectivity index is 2.15. The van der Waals surface area contributed by atoms with Crippen LogP contribution in [-0.2, 0) is 6.42 Å². The standard InChI is InChI=1S/C12H13Br2NOS/c1-2-15-11(10-3-4-16-12(10)14)6-9-5-8(13)7-17-9/h3-5,7,11,15H,2,6H2,1H3. The molecule has 1 atom stereocenters. The van der Waals surface area contributed by atoms with Crippen molar-refractivity contribution in [3.05, 3.63) is 43.4 Å². The number of rotatable bonds is 5. The van der Waals surface area contributed by atoms with Gasteiger partial charge in [-0.3, -0.25) is 0 Å². The SMILES string of the molecule is CCNC(Cc1cc(Br)cs1)c1ccoc1Br. The highest BCUT2D eigenvalue weighted by atomic mass is 79.9. The molecule has 1 N–H and O–H groups in total. The van der Waals surface area contributed by atoms with E-state index >= 15 is 0 Å². The van der Waals surface area contributed by atoms with Crippen LogP contribution in [-0.4, -0.2) is 6.54 Å². The molecule has 0 aromatic carbocycles. The topological polar surface area (TPSA) is 25.2 Å². The molecule has 2 aromatic rings. The minimum absolute atomic E-state index is 0.290. The normalized spacial score (nSPS) is 12.9. The van der Waals surface area contributed by atoms with Crippen LogP contribution in [0.2, 0.25) is 0 Å². The Morgan fingerprint density at radius 2 is 2.29 bits per heavy atom. The molecule has 0 spiro atoms. The summed E-state index contributed by atoms with van der Waals surface area (Å²) in [5.41, 5.74) is 1.18. The molecule has 0 bridgehead atoms. The predicted molar refractivity (Wildman–Crippen MR) is 78.5 cm³/mol. The molecule has 0 aliphatic heterocycles. The first-order chi connectivity index (χ1) is 8.20. The molecule has 2 aromatic heterocycles. The number of halogens is 2. The maximum Gasteiger partial charge on any atom is 0.173 e. The van der Waals surface area contributed by atoms with E-state index < -0.39 is 0 Å². The Hall–Kier alpha value is -0.100. The van der Waals surface area contributed by atoms with Crippen LogP contribution in [0, 0.1) is 0 Å². The third-order valence-corrected chi connectivity index (χ3v) is 4.86. The molecule has 2 nitrogen and oxygen atoms in total. The van der Waals surface area contributed by atoms with Crippen molar-refractivity contribution < 1.29 is 4.42 Å². The van der Waals surface area contributed by atoms with Crippen LogP contribution >= 0.6 is 43.2 Å². The molecule has 0 amide bonds. The van der Waals surface area contributed by atoms with Gasteiger partial charge in [0.15, 0.2) is 4.67 Å². The Morgan fingerprint density at radius 3 is 2.82 bits per heavy atom. The fraction of sp³-hybridized carbons (Fsp3) is 0.333. The maximum atomic E-state index is 5.31. The van der Waals surface area contributed by atoms with Crippen LogP contribution in [0.25, 0.3) is 0 Å². The van der Waals surface area contributed by atoms with E-state index in [9.17, 15) is 0 Å². The molecule has 0 fully saturated rings. The van der Waals surface area contributed by atoms with E-state index in [0.717, 1.165) is 22.1 Å². The quantitative estimate of drug-likeness (QED) is 0.811. The van der Waals surface area contributed by atoms with Crippen molar-refractivity contribution in [3.8, 4) is 0 Å². The van der Waals surface area contributed by atoms with Gasteiger partial charge in [0, 0.05) is 32.8 Å². The van der Waals surface area contributed by atoms with Gasteiger partial charge in [0.05, 0.1) is 6.26 Å². The van der Waals surface area contributed by atoms with Gasteiger partial charge >= 0.3 is 0 Å². The molecule has 17 heavy (non-hydrogen) atoms. The first kappa shape index (κ1) is 13.3. The minimum atomic E-state index is 0.290. The van der Waals surface area contributed by atoms with Gasteiger partial charge in [-0.25, -0.2) is 0 Å². The first-order valence-electron chi connectivity index (χ1n) is 5.40. The van der Waals surface area contributed by atoms with E-state index in [1.165, 1.54) is 10.4 Å². The molecule has 0 saturated heterocycles. The third-order valence-electron chi connectivity index (χ3n) is 2.50. The lowest BCUT2D eigenvalue weighted by Gasteiger charge is -2.15. The van der Waals surface area contributed by atoms with E-state index in [1.54, 1.807) is 17.6 Å². The zero-order chi connectivity index (χ0) is 12.3. The lowest BCUT2D eigenvalue weighted by Crippen LogP contribution is -2.22. The smallest absolute Gasteiger partial charge is 0.173 e. The Bertz CT molecular complexity index is 480. The number of nitrogens with one attached hydrogen (secondary N) is 1. The molecule has 5 heteroatoms. The summed E-state index contributed by atoms with van der Waals surface area (Å²) in [7, 11) is 0. The van der Waals surface area contributed by atoms with Crippen LogP contribution in [0.3, 0.4) is 0 Å². The van der Waals surface area contributed by atoms with Crippen molar-refractivity contribution >= 4 is 43.2 Å². The lowest BCUT2D eigenvalue weighted by molar-refractivity contribution is 0.508. The van der Waals surface area contributed by atoms with Crippen molar-refractivity contribution in [1.82, 2.24) is 5.32 Å². The highest BCUT2D eigenvalue weighted by Gasteiger charge is 2.17. The monoisotopic (exact) mass is 377 g/mol. The summed E-state index contributed by atoms with van der Waals surface area (Å²) in [6.45, 7) is 3.06. The van der Waals surface area contributed by atoms with Crippen molar-refractivity contribution in [2.75, 3.05) is 6.54 Å².